The Kier molecular flexibility index (Phi) is 3.58. The molecule has 0 saturated carbocycles. The Bertz CT molecular complexity index is 609. The Labute approximate surface area is 112 Å². The Morgan fingerprint density at radius 2 is 2.16 bits per heavy atom. The van der Waals surface area contributed by atoms with Gasteiger partial charge in [-0.1, -0.05) is 23.3 Å². The summed E-state index contributed by atoms with van der Waals surface area (Å²) in [7, 11) is 0. The smallest absolute Gasteiger partial charge is 0.267 e. The van der Waals surface area contributed by atoms with Crippen LogP contribution in [0.2, 0.25) is 0 Å². The quantitative estimate of drug-likeness (QED) is 0.547. The minimum Gasteiger partial charge on any atom is -0.361 e. The molecular weight excluding hydrogens is 236 g/mol. The SMILES string of the molecule is C(=N\NC1=[NH+]CCCCC1)/c1c[nH]c2ccccc12. The van der Waals surface area contributed by atoms with E-state index in [0.717, 1.165) is 29.9 Å². The van der Waals surface area contributed by atoms with Crippen LogP contribution < -0.4 is 10.4 Å². The molecule has 1 aromatic carbocycles. The fourth-order valence-electron chi connectivity index (χ4n) is 2.41. The molecule has 0 amide bonds. The second-order valence-corrected chi connectivity index (χ2v) is 4.88. The lowest BCUT2D eigenvalue weighted by molar-refractivity contribution is -0.459. The molecule has 0 atom stereocenters. The number of aromatic amines is 1. The van der Waals surface area contributed by atoms with Gasteiger partial charge in [-0.25, -0.2) is 0 Å². The van der Waals surface area contributed by atoms with Crippen molar-refractivity contribution < 1.29 is 4.99 Å². The van der Waals surface area contributed by atoms with E-state index in [1.165, 1.54) is 24.6 Å². The third-order valence-electron chi connectivity index (χ3n) is 3.47. The number of H-pyrrole nitrogens is 1. The van der Waals surface area contributed by atoms with Crippen molar-refractivity contribution in [1.82, 2.24) is 10.4 Å². The molecule has 0 aliphatic carbocycles. The van der Waals surface area contributed by atoms with Gasteiger partial charge in [-0.15, -0.1) is 0 Å². The van der Waals surface area contributed by atoms with Crippen LogP contribution in [-0.4, -0.2) is 23.6 Å². The number of benzene rings is 1. The zero-order valence-corrected chi connectivity index (χ0v) is 10.9. The van der Waals surface area contributed by atoms with Crippen LogP contribution in [0.15, 0.2) is 35.6 Å². The fourth-order valence-corrected chi connectivity index (χ4v) is 2.41. The predicted molar refractivity (Wildman–Crippen MR) is 78.3 cm³/mol. The molecule has 0 fully saturated rings. The van der Waals surface area contributed by atoms with Gasteiger partial charge in [0, 0.05) is 22.7 Å². The van der Waals surface area contributed by atoms with Crippen LogP contribution in [0.3, 0.4) is 0 Å². The van der Waals surface area contributed by atoms with Crippen LogP contribution in [0.4, 0.5) is 0 Å². The van der Waals surface area contributed by atoms with Crippen LogP contribution >= 0.6 is 0 Å². The molecule has 2 heterocycles. The van der Waals surface area contributed by atoms with Crippen molar-refractivity contribution in [2.45, 2.75) is 25.7 Å². The van der Waals surface area contributed by atoms with Gasteiger partial charge in [0.25, 0.3) is 5.84 Å². The average Bonchev–Trinajstić information content (AvgIpc) is 2.68. The van der Waals surface area contributed by atoms with Gasteiger partial charge in [0.05, 0.1) is 19.2 Å². The summed E-state index contributed by atoms with van der Waals surface area (Å²) in [6.07, 6.45) is 8.70. The normalized spacial score (nSPS) is 16.5. The molecule has 2 aromatic rings. The molecule has 0 spiro atoms. The summed E-state index contributed by atoms with van der Waals surface area (Å²) in [5.41, 5.74) is 5.38. The largest absolute Gasteiger partial charge is 0.361 e. The van der Waals surface area contributed by atoms with Crippen molar-refractivity contribution >= 4 is 23.0 Å². The maximum Gasteiger partial charge on any atom is 0.267 e. The molecular formula is C15H19N4+. The summed E-state index contributed by atoms with van der Waals surface area (Å²) in [4.78, 5) is 6.63. The second kappa shape index (κ2) is 5.69. The van der Waals surface area contributed by atoms with Crippen molar-refractivity contribution in [3.8, 4) is 0 Å². The molecule has 1 aromatic heterocycles. The minimum absolute atomic E-state index is 1.05. The molecule has 4 heteroatoms. The van der Waals surface area contributed by atoms with Crippen molar-refractivity contribution in [3.05, 3.63) is 36.0 Å². The molecule has 1 aliphatic heterocycles. The van der Waals surface area contributed by atoms with Crippen molar-refractivity contribution in [2.24, 2.45) is 5.10 Å². The molecule has 0 saturated heterocycles. The first kappa shape index (κ1) is 12.0. The number of para-hydroxylation sites is 1. The predicted octanol–water partition coefficient (Wildman–Crippen LogP) is 1.14. The number of rotatable bonds is 2. The first-order chi connectivity index (χ1) is 9.43. The number of nitrogens with zero attached hydrogens (tertiary/aromatic N) is 1. The number of nitrogens with one attached hydrogen (secondary N) is 3. The van der Waals surface area contributed by atoms with E-state index in [-0.39, 0.29) is 0 Å². The van der Waals surface area contributed by atoms with Crippen LogP contribution in [0.25, 0.3) is 10.9 Å². The highest BCUT2D eigenvalue weighted by molar-refractivity contribution is 5.99. The van der Waals surface area contributed by atoms with Gasteiger partial charge in [0.15, 0.2) is 0 Å². The van der Waals surface area contributed by atoms with Gasteiger partial charge in [0.1, 0.15) is 0 Å². The summed E-state index contributed by atoms with van der Waals surface area (Å²) < 4.78 is 0. The lowest BCUT2D eigenvalue weighted by Gasteiger charge is -1.94. The maximum atomic E-state index is 4.33. The van der Waals surface area contributed by atoms with Crippen molar-refractivity contribution in [1.29, 1.82) is 0 Å². The standard InChI is InChI=1S/C15H18N4/c1-2-8-15(16-9-5-1)19-18-11-12-10-17-14-7-4-3-6-13(12)14/h3-4,6-7,10-11,17H,1-2,5,8-9H2,(H,16,19)/p+1/b18-11+. The lowest BCUT2D eigenvalue weighted by Crippen LogP contribution is -2.75. The highest BCUT2D eigenvalue weighted by atomic mass is 15.3. The maximum absolute atomic E-state index is 4.33. The topological polar surface area (TPSA) is 54.1 Å². The summed E-state index contributed by atoms with van der Waals surface area (Å²) in [6, 6.07) is 8.25. The van der Waals surface area contributed by atoms with Gasteiger partial charge in [0.2, 0.25) is 0 Å². The molecule has 4 nitrogen and oxygen atoms in total. The number of hydrazone groups is 1. The Balaban J connectivity index is 1.70. The molecule has 0 bridgehead atoms. The first-order valence-corrected chi connectivity index (χ1v) is 6.88. The monoisotopic (exact) mass is 255 g/mol. The zero-order valence-electron chi connectivity index (χ0n) is 10.9. The highest BCUT2D eigenvalue weighted by Gasteiger charge is 2.08. The van der Waals surface area contributed by atoms with Gasteiger partial charge in [-0.2, -0.15) is 5.43 Å². The molecule has 98 valence electrons. The van der Waals surface area contributed by atoms with Crippen LogP contribution in [0, 0.1) is 0 Å². The third-order valence-corrected chi connectivity index (χ3v) is 3.47. The number of fused-ring (bicyclic) bond motifs is 1. The fraction of sp³-hybridized carbons (Fsp3) is 0.333. The van der Waals surface area contributed by atoms with E-state index >= 15 is 0 Å². The lowest BCUT2D eigenvalue weighted by atomic mass is 10.2. The Hall–Kier alpha value is -2.10. The van der Waals surface area contributed by atoms with Crippen LogP contribution in [0.5, 0.6) is 0 Å². The van der Waals surface area contributed by atoms with Gasteiger partial charge in [-0.05, 0) is 25.3 Å². The second-order valence-electron chi connectivity index (χ2n) is 4.88. The molecule has 19 heavy (non-hydrogen) atoms. The van der Waals surface area contributed by atoms with E-state index in [1.807, 2.05) is 24.5 Å². The minimum atomic E-state index is 1.05. The number of hydrogen-bond acceptors (Lipinski definition) is 2. The Morgan fingerprint density at radius 3 is 3.16 bits per heavy atom. The summed E-state index contributed by atoms with van der Waals surface area (Å²) in [5, 5.41) is 5.54. The third kappa shape index (κ3) is 2.84. The van der Waals surface area contributed by atoms with Crippen LogP contribution in [-0.2, 0) is 0 Å². The van der Waals surface area contributed by atoms with E-state index < -0.39 is 0 Å². The van der Waals surface area contributed by atoms with E-state index in [9.17, 15) is 0 Å². The van der Waals surface area contributed by atoms with Crippen LogP contribution in [0.1, 0.15) is 31.2 Å². The van der Waals surface area contributed by atoms with E-state index in [2.05, 4.69) is 32.6 Å². The molecule has 0 unspecified atom stereocenters. The number of hydrogen-bond donors (Lipinski definition) is 3. The van der Waals surface area contributed by atoms with E-state index in [1.54, 1.807) is 0 Å². The number of aromatic nitrogens is 1. The number of amidine groups is 1. The molecule has 3 N–H and O–H groups in total. The summed E-state index contributed by atoms with van der Waals surface area (Å²) in [5.74, 6) is 1.13. The Morgan fingerprint density at radius 1 is 1.21 bits per heavy atom. The first-order valence-electron chi connectivity index (χ1n) is 6.88. The average molecular weight is 255 g/mol. The molecule has 1 aliphatic rings. The van der Waals surface area contributed by atoms with Crippen molar-refractivity contribution in [2.75, 3.05) is 6.54 Å². The van der Waals surface area contributed by atoms with E-state index in [4.69, 9.17) is 0 Å². The zero-order chi connectivity index (χ0) is 12.9. The van der Waals surface area contributed by atoms with Crippen molar-refractivity contribution in [3.63, 3.8) is 0 Å². The van der Waals surface area contributed by atoms with Gasteiger partial charge < -0.3 is 4.98 Å². The summed E-state index contributed by atoms with van der Waals surface area (Å²) in [6.45, 7) is 1.05. The highest BCUT2D eigenvalue weighted by Crippen LogP contribution is 2.15. The van der Waals surface area contributed by atoms with E-state index in [0.29, 0.717) is 0 Å². The molecule has 0 radical (unpaired) electrons. The summed E-state index contributed by atoms with van der Waals surface area (Å²) >= 11 is 0. The molecule has 3 rings (SSSR count). The van der Waals surface area contributed by atoms with Gasteiger partial charge in [-0.3, -0.25) is 4.99 Å². The van der Waals surface area contributed by atoms with Gasteiger partial charge >= 0.3 is 0 Å².